The highest BCUT2D eigenvalue weighted by Crippen LogP contribution is 2.33. The molecular weight excluding hydrogens is 532 g/mol. The molecule has 1 heterocycles. The lowest BCUT2D eigenvalue weighted by Gasteiger charge is -2.19. The molecule has 0 bridgehead atoms. The van der Waals surface area contributed by atoms with Crippen molar-refractivity contribution in [3.05, 3.63) is 104 Å². The van der Waals surface area contributed by atoms with Crippen molar-refractivity contribution in [3.8, 4) is 11.1 Å². The lowest BCUT2D eigenvalue weighted by Crippen LogP contribution is -2.32. The first-order chi connectivity index (χ1) is 18.0. The lowest BCUT2D eigenvalue weighted by atomic mass is 9.96. The minimum absolute atomic E-state index is 0.0893. The largest absolute Gasteiger partial charge is 0.464 e. The molecule has 4 aromatic rings. The van der Waals surface area contributed by atoms with Gasteiger partial charge >= 0.3 is 5.97 Å². The molecule has 1 saturated carbocycles. The number of methoxy groups -OCH3 is 1. The van der Waals surface area contributed by atoms with Crippen LogP contribution >= 0.6 is 15.9 Å². The van der Waals surface area contributed by atoms with Crippen LogP contribution in [0.5, 0.6) is 0 Å². The van der Waals surface area contributed by atoms with E-state index in [2.05, 4.69) is 21.2 Å². The van der Waals surface area contributed by atoms with Gasteiger partial charge in [0.1, 0.15) is 5.69 Å². The molecule has 1 fully saturated rings. The quantitative estimate of drug-likeness (QED) is 0.297. The van der Waals surface area contributed by atoms with Crippen molar-refractivity contribution in [1.82, 2.24) is 9.88 Å². The highest BCUT2D eigenvalue weighted by molar-refractivity contribution is 9.10. The first kappa shape index (κ1) is 25.0. The third-order valence-corrected chi connectivity index (χ3v) is 7.41. The van der Waals surface area contributed by atoms with Crippen LogP contribution in [0.15, 0.2) is 82.1 Å². The number of rotatable bonds is 6. The van der Waals surface area contributed by atoms with E-state index in [9.17, 15) is 14.4 Å². The molecule has 1 N–H and O–H groups in total. The number of hydrogen-bond acceptors (Lipinski definition) is 4. The van der Waals surface area contributed by atoms with Gasteiger partial charge in [-0.15, -0.1) is 0 Å². The van der Waals surface area contributed by atoms with Gasteiger partial charge in [0.25, 0.3) is 11.5 Å². The molecule has 0 unspecified atom stereocenters. The van der Waals surface area contributed by atoms with E-state index in [1.165, 1.54) is 11.7 Å². The number of nitrogens with zero attached hydrogens (tertiary/aromatic N) is 1. The first-order valence-electron chi connectivity index (χ1n) is 12.4. The van der Waals surface area contributed by atoms with E-state index in [1.807, 2.05) is 54.6 Å². The third-order valence-electron chi connectivity index (χ3n) is 6.92. The standard InChI is InChI=1S/C30H27BrN2O4/c1-37-30(36)27-26(20-7-3-2-4-8-20)25-17-22(31)15-16-24(25)29(35)33(27)18-19-11-13-21(14-12-19)28(34)32-23-9-5-6-10-23/h2-4,7-8,11-17,23H,5-6,9-10,18H2,1H3,(H,32,34). The predicted molar refractivity (Wildman–Crippen MR) is 148 cm³/mol. The molecule has 0 atom stereocenters. The average Bonchev–Trinajstić information content (AvgIpc) is 3.43. The number of fused-ring (bicyclic) bond motifs is 1. The average molecular weight is 559 g/mol. The maximum Gasteiger partial charge on any atom is 0.355 e. The summed E-state index contributed by atoms with van der Waals surface area (Å²) in [6, 6.07) is 22.4. The Morgan fingerprint density at radius 2 is 1.68 bits per heavy atom. The van der Waals surface area contributed by atoms with Crippen LogP contribution in [0, 0.1) is 0 Å². The first-order valence-corrected chi connectivity index (χ1v) is 13.1. The number of aromatic nitrogens is 1. The van der Waals surface area contributed by atoms with E-state index in [1.54, 1.807) is 18.2 Å². The zero-order chi connectivity index (χ0) is 25.9. The number of amides is 1. The van der Waals surface area contributed by atoms with Crippen LogP contribution in [0.3, 0.4) is 0 Å². The molecule has 1 aromatic heterocycles. The number of benzene rings is 3. The Balaban J connectivity index is 1.60. The number of ether oxygens (including phenoxy) is 1. The summed E-state index contributed by atoms with van der Waals surface area (Å²) in [5.74, 6) is -0.682. The van der Waals surface area contributed by atoms with Crippen LogP contribution in [-0.2, 0) is 11.3 Å². The summed E-state index contributed by atoms with van der Waals surface area (Å²) in [5, 5.41) is 4.27. The molecule has 6 nitrogen and oxygen atoms in total. The van der Waals surface area contributed by atoms with E-state index in [-0.39, 0.29) is 29.7 Å². The van der Waals surface area contributed by atoms with Crippen LogP contribution in [0.2, 0.25) is 0 Å². The van der Waals surface area contributed by atoms with E-state index in [0.29, 0.717) is 21.9 Å². The number of hydrogen-bond donors (Lipinski definition) is 1. The Morgan fingerprint density at radius 1 is 0.973 bits per heavy atom. The SMILES string of the molecule is COC(=O)c1c(-c2ccccc2)c2cc(Br)ccc2c(=O)n1Cc1ccc(C(=O)NC2CCCC2)cc1. The molecule has 1 aliphatic rings. The number of pyridine rings is 1. The monoisotopic (exact) mass is 558 g/mol. The Bertz CT molecular complexity index is 1520. The van der Waals surface area contributed by atoms with Gasteiger partial charge in [-0.3, -0.25) is 14.2 Å². The van der Waals surface area contributed by atoms with Crippen molar-refractivity contribution in [2.75, 3.05) is 7.11 Å². The van der Waals surface area contributed by atoms with Gasteiger partial charge < -0.3 is 10.1 Å². The highest BCUT2D eigenvalue weighted by Gasteiger charge is 2.24. The number of nitrogens with one attached hydrogen (secondary N) is 1. The number of carbonyl (C=O) groups excluding carboxylic acids is 2. The number of esters is 1. The second-order valence-corrected chi connectivity index (χ2v) is 10.2. The molecule has 3 aromatic carbocycles. The van der Waals surface area contributed by atoms with Gasteiger partial charge in [-0.1, -0.05) is 71.2 Å². The summed E-state index contributed by atoms with van der Waals surface area (Å²) in [4.78, 5) is 39.5. The smallest absolute Gasteiger partial charge is 0.355 e. The second-order valence-electron chi connectivity index (χ2n) is 9.31. The summed E-state index contributed by atoms with van der Waals surface area (Å²) >= 11 is 3.50. The molecule has 7 heteroatoms. The molecular formula is C30H27BrN2O4. The van der Waals surface area contributed by atoms with Gasteiger partial charge in [0.15, 0.2) is 0 Å². The number of carbonyl (C=O) groups is 2. The molecule has 1 aliphatic carbocycles. The summed E-state index contributed by atoms with van der Waals surface area (Å²) < 4.78 is 7.43. The molecule has 1 amide bonds. The maximum absolute atomic E-state index is 13.7. The highest BCUT2D eigenvalue weighted by atomic mass is 79.9. The summed E-state index contributed by atoms with van der Waals surface area (Å²) in [6.07, 6.45) is 4.33. The minimum Gasteiger partial charge on any atom is -0.464 e. The van der Waals surface area contributed by atoms with Crippen LogP contribution < -0.4 is 10.9 Å². The van der Waals surface area contributed by atoms with E-state index in [0.717, 1.165) is 41.3 Å². The van der Waals surface area contributed by atoms with Crippen LogP contribution in [0.4, 0.5) is 0 Å². The third kappa shape index (κ3) is 5.09. The lowest BCUT2D eigenvalue weighted by molar-refractivity contribution is 0.0588. The summed E-state index contributed by atoms with van der Waals surface area (Å²) in [5.41, 5.74) is 2.71. The second kappa shape index (κ2) is 10.7. The van der Waals surface area contributed by atoms with Crippen molar-refractivity contribution in [3.63, 3.8) is 0 Å². The van der Waals surface area contributed by atoms with Crippen molar-refractivity contribution < 1.29 is 14.3 Å². The van der Waals surface area contributed by atoms with E-state index < -0.39 is 5.97 Å². The van der Waals surface area contributed by atoms with Gasteiger partial charge in [-0.05, 0) is 59.7 Å². The van der Waals surface area contributed by atoms with Gasteiger partial charge in [0, 0.05) is 27.0 Å². The fourth-order valence-corrected chi connectivity index (χ4v) is 5.42. The molecule has 0 aliphatic heterocycles. The van der Waals surface area contributed by atoms with Crippen LogP contribution in [-0.4, -0.2) is 29.6 Å². The molecule has 0 radical (unpaired) electrons. The molecule has 188 valence electrons. The summed E-state index contributed by atoms with van der Waals surface area (Å²) in [6.45, 7) is 0.152. The van der Waals surface area contributed by atoms with Crippen LogP contribution in [0.1, 0.15) is 52.1 Å². The Labute approximate surface area is 223 Å². The van der Waals surface area contributed by atoms with Gasteiger partial charge in [-0.2, -0.15) is 0 Å². The molecule has 5 rings (SSSR count). The minimum atomic E-state index is -0.592. The van der Waals surface area contributed by atoms with Crippen molar-refractivity contribution in [2.24, 2.45) is 0 Å². The van der Waals surface area contributed by atoms with Crippen molar-refractivity contribution in [1.29, 1.82) is 0 Å². The molecule has 37 heavy (non-hydrogen) atoms. The van der Waals surface area contributed by atoms with Crippen molar-refractivity contribution >= 4 is 38.6 Å². The topological polar surface area (TPSA) is 77.4 Å². The van der Waals surface area contributed by atoms with Gasteiger partial charge in [0.05, 0.1) is 13.7 Å². The van der Waals surface area contributed by atoms with E-state index >= 15 is 0 Å². The normalized spacial score (nSPS) is 13.6. The number of halogens is 1. The molecule has 0 saturated heterocycles. The van der Waals surface area contributed by atoms with Gasteiger partial charge in [-0.25, -0.2) is 4.79 Å². The summed E-state index contributed by atoms with van der Waals surface area (Å²) in [7, 11) is 1.31. The van der Waals surface area contributed by atoms with Crippen LogP contribution in [0.25, 0.3) is 21.9 Å². The Kier molecular flexibility index (Phi) is 7.24. The fourth-order valence-electron chi connectivity index (χ4n) is 5.06. The maximum atomic E-state index is 13.7. The fraction of sp³-hybridized carbons (Fsp3) is 0.233. The zero-order valence-corrected chi connectivity index (χ0v) is 22.1. The zero-order valence-electron chi connectivity index (χ0n) is 20.5. The Morgan fingerprint density at radius 3 is 2.35 bits per heavy atom. The van der Waals surface area contributed by atoms with E-state index in [4.69, 9.17) is 4.74 Å². The molecule has 0 spiro atoms. The van der Waals surface area contributed by atoms with Gasteiger partial charge in [0.2, 0.25) is 0 Å². The Hall–Kier alpha value is -3.71. The van der Waals surface area contributed by atoms with Crippen molar-refractivity contribution in [2.45, 2.75) is 38.3 Å². The predicted octanol–water partition coefficient (Wildman–Crippen LogP) is 5.94.